The van der Waals surface area contributed by atoms with Gasteiger partial charge in [-0.2, -0.15) is 8.61 Å². The monoisotopic (exact) mass is 388 g/mol. The summed E-state index contributed by atoms with van der Waals surface area (Å²) in [5, 5.41) is 0. The van der Waals surface area contributed by atoms with Gasteiger partial charge in [0.15, 0.2) is 0 Å². The first kappa shape index (κ1) is 20.4. The minimum absolute atomic E-state index is 0.0483. The summed E-state index contributed by atoms with van der Waals surface area (Å²) in [4.78, 5) is 0.265. The summed E-state index contributed by atoms with van der Waals surface area (Å²) >= 11 is 0. The van der Waals surface area contributed by atoms with E-state index in [2.05, 4.69) is 0 Å². The fourth-order valence-electron chi connectivity index (χ4n) is 3.49. The number of sulfonamides is 2. The van der Waals surface area contributed by atoms with Crippen LogP contribution in [0.2, 0.25) is 0 Å². The number of hydrogen-bond acceptors (Lipinski definition) is 4. The first-order chi connectivity index (χ1) is 11.7. The molecule has 8 heteroatoms. The molecule has 0 bridgehead atoms. The van der Waals surface area contributed by atoms with Crippen molar-refractivity contribution in [3.05, 3.63) is 24.3 Å². The molecule has 0 aliphatic carbocycles. The second-order valence-electron chi connectivity index (χ2n) is 6.52. The summed E-state index contributed by atoms with van der Waals surface area (Å²) < 4.78 is 53.9. The van der Waals surface area contributed by atoms with Gasteiger partial charge < -0.3 is 0 Å². The quantitative estimate of drug-likeness (QED) is 0.751. The van der Waals surface area contributed by atoms with E-state index in [1.807, 2.05) is 13.8 Å². The van der Waals surface area contributed by atoms with Crippen molar-refractivity contribution in [2.45, 2.75) is 68.8 Å². The fourth-order valence-corrected chi connectivity index (χ4v) is 6.83. The average molecular weight is 389 g/mol. The van der Waals surface area contributed by atoms with Crippen LogP contribution in [0.5, 0.6) is 0 Å². The Morgan fingerprint density at radius 3 is 1.80 bits per heavy atom. The van der Waals surface area contributed by atoms with E-state index in [1.165, 1.54) is 28.6 Å². The van der Waals surface area contributed by atoms with E-state index in [-0.39, 0.29) is 21.9 Å². The maximum Gasteiger partial charge on any atom is 0.243 e. The number of hydrogen-bond donors (Lipinski definition) is 0. The topological polar surface area (TPSA) is 74.8 Å². The third-order valence-corrected chi connectivity index (χ3v) is 9.06. The number of nitrogens with zero attached hydrogens (tertiary/aromatic N) is 2. The van der Waals surface area contributed by atoms with E-state index in [0.29, 0.717) is 13.1 Å². The minimum Gasteiger partial charge on any atom is -0.207 e. The van der Waals surface area contributed by atoms with E-state index < -0.39 is 20.0 Å². The summed E-state index contributed by atoms with van der Waals surface area (Å²) in [6, 6.07) is 5.49. The van der Waals surface area contributed by atoms with Gasteiger partial charge in [-0.1, -0.05) is 20.3 Å². The molecule has 2 atom stereocenters. The second kappa shape index (κ2) is 7.73. The molecule has 1 fully saturated rings. The number of piperidine rings is 1. The maximum atomic E-state index is 13.0. The van der Waals surface area contributed by atoms with Crippen LogP contribution >= 0.6 is 0 Å². The lowest BCUT2D eigenvalue weighted by Gasteiger charge is -2.37. The van der Waals surface area contributed by atoms with Crippen molar-refractivity contribution < 1.29 is 16.8 Å². The Balaban J connectivity index is 2.36. The molecule has 1 aromatic rings. The minimum atomic E-state index is -3.63. The van der Waals surface area contributed by atoms with Crippen LogP contribution in [0.25, 0.3) is 0 Å². The van der Waals surface area contributed by atoms with Gasteiger partial charge in [-0.05, 0) is 51.0 Å². The van der Waals surface area contributed by atoms with E-state index >= 15 is 0 Å². The van der Waals surface area contributed by atoms with Gasteiger partial charge in [-0.25, -0.2) is 16.8 Å². The Morgan fingerprint density at radius 1 is 0.920 bits per heavy atom. The molecule has 0 radical (unpaired) electrons. The van der Waals surface area contributed by atoms with Crippen LogP contribution in [0.4, 0.5) is 0 Å². The van der Waals surface area contributed by atoms with Crippen LogP contribution in [-0.4, -0.2) is 50.6 Å². The first-order valence-electron chi connectivity index (χ1n) is 8.80. The van der Waals surface area contributed by atoms with Crippen molar-refractivity contribution in [2.75, 3.05) is 13.1 Å². The van der Waals surface area contributed by atoms with Crippen molar-refractivity contribution in [3.8, 4) is 0 Å². The predicted molar refractivity (Wildman–Crippen MR) is 98.3 cm³/mol. The highest BCUT2D eigenvalue weighted by atomic mass is 32.2. The highest BCUT2D eigenvalue weighted by Gasteiger charge is 2.35. The average Bonchev–Trinajstić information content (AvgIpc) is 2.55. The molecule has 1 aliphatic heterocycles. The summed E-state index contributed by atoms with van der Waals surface area (Å²) in [5.74, 6) is 0. The summed E-state index contributed by atoms with van der Waals surface area (Å²) in [7, 11) is -7.21. The molecule has 1 saturated heterocycles. The summed E-state index contributed by atoms with van der Waals surface area (Å²) in [6.45, 7) is 8.15. The van der Waals surface area contributed by atoms with Crippen molar-refractivity contribution in [1.29, 1.82) is 0 Å². The van der Waals surface area contributed by atoms with E-state index in [1.54, 1.807) is 18.2 Å². The van der Waals surface area contributed by atoms with Crippen LogP contribution in [0.3, 0.4) is 0 Å². The largest absolute Gasteiger partial charge is 0.243 e. The van der Waals surface area contributed by atoms with Crippen LogP contribution in [0.15, 0.2) is 34.1 Å². The standard InChI is InChI=1S/C17H28N2O4S2/c1-5-18(6-2)24(20,21)16-10-12-17(13-11-16)25(22,23)19-14(3)8-7-9-15(19)4/h10-15H,5-9H2,1-4H3/t14-,15-/m1/s1. The van der Waals surface area contributed by atoms with E-state index in [4.69, 9.17) is 0 Å². The van der Waals surface area contributed by atoms with Crippen LogP contribution in [0.1, 0.15) is 47.0 Å². The highest BCUT2D eigenvalue weighted by Crippen LogP contribution is 2.30. The molecule has 0 amide bonds. The third kappa shape index (κ3) is 3.92. The van der Waals surface area contributed by atoms with Gasteiger partial charge in [0, 0.05) is 25.2 Å². The van der Waals surface area contributed by atoms with Gasteiger partial charge in [-0.3, -0.25) is 0 Å². The Labute approximate surface area is 151 Å². The van der Waals surface area contributed by atoms with Gasteiger partial charge in [0.2, 0.25) is 20.0 Å². The Hall–Kier alpha value is -0.960. The zero-order valence-corrected chi connectivity index (χ0v) is 17.0. The fraction of sp³-hybridized carbons (Fsp3) is 0.647. The SMILES string of the molecule is CCN(CC)S(=O)(=O)c1ccc(S(=O)(=O)N2[C@H](C)CCC[C@H]2C)cc1. The Bertz CT molecular complexity index is 774. The second-order valence-corrected chi connectivity index (χ2v) is 10.3. The molecule has 0 unspecified atom stereocenters. The van der Waals surface area contributed by atoms with E-state index in [0.717, 1.165) is 19.3 Å². The number of benzene rings is 1. The van der Waals surface area contributed by atoms with Crippen molar-refractivity contribution in [2.24, 2.45) is 0 Å². The van der Waals surface area contributed by atoms with Gasteiger partial charge in [0.1, 0.15) is 0 Å². The highest BCUT2D eigenvalue weighted by molar-refractivity contribution is 7.89. The van der Waals surface area contributed by atoms with Crippen molar-refractivity contribution in [1.82, 2.24) is 8.61 Å². The normalized spacial score (nSPS) is 23.1. The number of rotatable bonds is 6. The molecule has 1 heterocycles. The van der Waals surface area contributed by atoms with Crippen LogP contribution < -0.4 is 0 Å². The molecule has 1 aromatic carbocycles. The summed E-state index contributed by atoms with van der Waals surface area (Å²) in [6.07, 6.45) is 2.71. The first-order valence-corrected chi connectivity index (χ1v) is 11.7. The molecular formula is C17H28N2O4S2. The molecule has 0 N–H and O–H groups in total. The van der Waals surface area contributed by atoms with Gasteiger partial charge in [0.05, 0.1) is 9.79 Å². The molecule has 2 rings (SSSR count). The Kier molecular flexibility index (Phi) is 6.30. The lowest BCUT2D eigenvalue weighted by molar-refractivity contribution is 0.204. The van der Waals surface area contributed by atoms with E-state index in [9.17, 15) is 16.8 Å². The third-order valence-electron chi connectivity index (χ3n) is 4.85. The summed E-state index contributed by atoms with van der Waals surface area (Å²) in [5.41, 5.74) is 0. The molecule has 0 aromatic heterocycles. The van der Waals surface area contributed by atoms with Crippen molar-refractivity contribution in [3.63, 3.8) is 0 Å². The van der Waals surface area contributed by atoms with Gasteiger partial charge in [-0.15, -0.1) is 0 Å². The van der Waals surface area contributed by atoms with Crippen molar-refractivity contribution >= 4 is 20.0 Å². The predicted octanol–water partition coefficient (Wildman–Crippen LogP) is 2.67. The lowest BCUT2D eigenvalue weighted by Crippen LogP contribution is -2.47. The zero-order chi connectivity index (χ0) is 18.8. The molecule has 25 heavy (non-hydrogen) atoms. The van der Waals surface area contributed by atoms with Crippen LogP contribution in [-0.2, 0) is 20.0 Å². The zero-order valence-electron chi connectivity index (χ0n) is 15.3. The molecule has 0 saturated carbocycles. The molecule has 1 aliphatic rings. The molecule has 6 nitrogen and oxygen atoms in total. The maximum absolute atomic E-state index is 13.0. The molecule has 0 spiro atoms. The molecular weight excluding hydrogens is 360 g/mol. The van der Waals surface area contributed by atoms with Gasteiger partial charge in [0.25, 0.3) is 0 Å². The smallest absolute Gasteiger partial charge is 0.207 e. The lowest BCUT2D eigenvalue weighted by atomic mass is 10.0. The van der Waals surface area contributed by atoms with Crippen LogP contribution in [0, 0.1) is 0 Å². The molecule has 142 valence electrons. The van der Waals surface area contributed by atoms with Gasteiger partial charge >= 0.3 is 0 Å². The Morgan fingerprint density at radius 2 is 1.36 bits per heavy atom.